The van der Waals surface area contributed by atoms with Crippen LogP contribution in [0.5, 0.6) is 0 Å². The predicted octanol–water partition coefficient (Wildman–Crippen LogP) is 3.78. The standard InChI is InChI=1S/C18H20ClN5O/c19-13-6-7-14-22-15(16(24(14)12-13)17-20-8-9-21-17)18(25)23-10-4-2-1-3-5-11-23/h6-9,12H,1-5,10-11H2,(H,20,21). The number of pyridine rings is 1. The lowest BCUT2D eigenvalue weighted by atomic mass is 10.1. The molecule has 0 spiro atoms. The third-order valence-corrected chi connectivity index (χ3v) is 4.87. The largest absolute Gasteiger partial charge is 0.343 e. The fourth-order valence-electron chi connectivity index (χ4n) is 3.39. The van der Waals surface area contributed by atoms with E-state index in [1.165, 1.54) is 19.3 Å². The molecular formula is C18H20ClN5O. The Morgan fingerprint density at radius 2 is 1.88 bits per heavy atom. The van der Waals surface area contributed by atoms with E-state index in [1.54, 1.807) is 24.7 Å². The van der Waals surface area contributed by atoms with Crippen molar-refractivity contribution in [3.8, 4) is 11.5 Å². The number of halogens is 1. The zero-order chi connectivity index (χ0) is 17.2. The second kappa shape index (κ2) is 6.88. The number of likely N-dealkylation sites (tertiary alicyclic amines) is 1. The van der Waals surface area contributed by atoms with Gasteiger partial charge < -0.3 is 9.88 Å². The molecule has 0 saturated carbocycles. The molecule has 1 aliphatic heterocycles. The number of hydrogen-bond acceptors (Lipinski definition) is 3. The molecule has 0 aliphatic carbocycles. The quantitative estimate of drug-likeness (QED) is 0.758. The number of H-pyrrole nitrogens is 1. The normalized spacial score (nSPS) is 16.0. The van der Waals surface area contributed by atoms with Crippen molar-refractivity contribution in [2.45, 2.75) is 32.1 Å². The van der Waals surface area contributed by atoms with Crippen molar-refractivity contribution in [1.29, 1.82) is 0 Å². The van der Waals surface area contributed by atoms with E-state index in [2.05, 4.69) is 15.0 Å². The molecular weight excluding hydrogens is 338 g/mol. The van der Waals surface area contributed by atoms with Crippen LogP contribution in [0.15, 0.2) is 30.7 Å². The SMILES string of the molecule is O=C(c1nc2ccc(Cl)cn2c1-c1ncc[nH]1)N1CCCCCCC1. The maximum atomic E-state index is 13.2. The lowest BCUT2D eigenvalue weighted by molar-refractivity contribution is 0.0738. The summed E-state index contributed by atoms with van der Waals surface area (Å²) < 4.78 is 1.83. The molecule has 1 saturated heterocycles. The Bertz CT molecular complexity index is 878. The average Bonchev–Trinajstić information content (AvgIpc) is 3.20. The minimum atomic E-state index is -0.0341. The Morgan fingerprint density at radius 1 is 1.12 bits per heavy atom. The van der Waals surface area contributed by atoms with Crippen LogP contribution in [0, 0.1) is 0 Å². The van der Waals surface area contributed by atoms with Crippen LogP contribution < -0.4 is 0 Å². The Kier molecular flexibility index (Phi) is 4.44. The average molecular weight is 358 g/mol. The number of nitrogens with one attached hydrogen (secondary N) is 1. The second-order valence-electron chi connectivity index (χ2n) is 6.38. The first-order chi connectivity index (χ1) is 12.2. The lowest BCUT2D eigenvalue weighted by Gasteiger charge is -2.24. The first-order valence-corrected chi connectivity index (χ1v) is 9.08. The number of rotatable bonds is 2. The monoisotopic (exact) mass is 357 g/mol. The van der Waals surface area contributed by atoms with Crippen molar-refractivity contribution in [3.63, 3.8) is 0 Å². The topological polar surface area (TPSA) is 66.3 Å². The summed E-state index contributed by atoms with van der Waals surface area (Å²) in [5.74, 6) is 0.582. The van der Waals surface area contributed by atoms with Gasteiger partial charge in [0.05, 0.1) is 5.02 Å². The van der Waals surface area contributed by atoms with E-state index in [-0.39, 0.29) is 5.91 Å². The molecule has 7 heteroatoms. The lowest BCUT2D eigenvalue weighted by Crippen LogP contribution is -2.34. The Hall–Kier alpha value is -2.34. The molecule has 1 N–H and O–H groups in total. The van der Waals surface area contributed by atoms with E-state index in [1.807, 2.05) is 15.4 Å². The zero-order valence-corrected chi connectivity index (χ0v) is 14.7. The summed E-state index contributed by atoms with van der Waals surface area (Å²) in [5.41, 5.74) is 1.78. The van der Waals surface area contributed by atoms with Crippen LogP contribution in [0.4, 0.5) is 0 Å². The molecule has 0 unspecified atom stereocenters. The highest BCUT2D eigenvalue weighted by Crippen LogP contribution is 2.26. The highest BCUT2D eigenvalue weighted by Gasteiger charge is 2.26. The van der Waals surface area contributed by atoms with Gasteiger partial charge in [-0.2, -0.15) is 0 Å². The highest BCUT2D eigenvalue weighted by atomic mass is 35.5. The van der Waals surface area contributed by atoms with E-state index in [4.69, 9.17) is 11.6 Å². The summed E-state index contributed by atoms with van der Waals surface area (Å²) in [5, 5.41) is 0.586. The summed E-state index contributed by atoms with van der Waals surface area (Å²) in [6.07, 6.45) is 10.9. The Morgan fingerprint density at radius 3 is 2.60 bits per heavy atom. The van der Waals surface area contributed by atoms with E-state index in [0.29, 0.717) is 27.9 Å². The van der Waals surface area contributed by atoms with Gasteiger partial charge in [0.25, 0.3) is 5.91 Å². The third kappa shape index (κ3) is 3.14. The number of carbonyl (C=O) groups excluding carboxylic acids is 1. The van der Waals surface area contributed by atoms with Crippen LogP contribution in [0.1, 0.15) is 42.6 Å². The minimum Gasteiger partial charge on any atom is -0.343 e. The molecule has 0 bridgehead atoms. The third-order valence-electron chi connectivity index (χ3n) is 4.65. The summed E-state index contributed by atoms with van der Waals surface area (Å²) in [6, 6.07) is 3.60. The molecule has 1 fully saturated rings. The molecule has 0 atom stereocenters. The van der Waals surface area contributed by atoms with E-state index >= 15 is 0 Å². The number of aromatic amines is 1. The van der Waals surface area contributed by atoms with Crippen molar-refractivity contribution < 1.29 is 4.79 Å². The first-order valence-electron chi connectivity index (χ1n) is 8.70. The first kappa shape index (κ1) is 16.1. The number of imidazole rings is 2. The molecule has 25 heavy (non-hydrogen) atoms. The minimum absolute atomic E-state index is 0.0341. The zero-order valence-electron chi connectivity index (χ0n) is 13.9. The number of amides is 1. The number of carbonyl (C=O) groups is 1. The van der Waals surface area contributed by atoms with Gasteiger partial charge in [0.15, 0.2) is 11.5 Å². The van der Waals surface area contributed by atoms with Crippen LogP contribution >= 0.6 is 11.6 Å². The van der Waals surface area contributed by atoms with Crippen LogP contribution in [-0.4, -0.2) is 43.2 Å². The van der Waals surface area contributed by atoms with Crippen molar-refractivity contribution >= 4 is 23.2 Å². The predicted molar refractivity (Wildman–Crippen MR) is 96.8 cm³/mol. The molecule has 0 aromatic carbocycles. The molecule has 1 amide bonds. The van der Waals surface area contributed by atoms with Crippen LogP contribution in [-0.2, 0) is 0 Å². The maximum Gasteiger partial charge on any atom is 0.274 e. The number of aromatic nitrogens is 4. The number of nitrogens with zero attached hydrogens (tertiary/aromatic N) is 4. The second-order valence-corrected chi connectivity index (χ2v) is 6.82. The molecule has 3 aromatic heterocycles. The van der Waals surface area contributed by atoms with Gasteiger partial charge in [-0.05, 0) is 25.0 Å². The molecule has 130 valence electrons. The summed E-state index contributed by atoms with van der Waals surface area (Å²) in [6.45, 7) is 1.57. The summed E-state index contributed by atoms with van der Waals surface area (Å²) in [4.78, 5) is 27.1. The Labute approximate surface area is 150 Å². The van der Waals surface area contributed by atoms with Gasteiger partial charge in [-0.15, -0.1) is 0 Å². The van der Waals surface area contributed by atoms with Gasteiger partial charge in [0.2, 0.25) is 0 Å². The van der Waals surface area contributed by atoms with E-state index in [9.17, 15) is 4.79 Å². The molecule has 4 heterocycles. The van der Waals surface area contributed by atoms with Gasteiger partial charge >= 0.3 is 0 Å². The van der Waals surface area contributed by atoms with Crippen molar-refractivity contribution in [2.24, 2.45) is 0 Å². The van der Waals surface area contributed by atoms with Crippen LogP contribution in [0.25, 0.3) is 17.2 Å². The maximum absolute atomic E-state index is 13.2. The number of hydrogen-bond donors (Lipinski definition) is 1. The highest BCUT2D eigenvalue weighted by molar-refractivity contribution is 6.30. The fourth-order valence-corrected chi connectivity index (χ4v) is 3.55. The smallest absolute Gasteiger partial charge is 0.274 e. The van der Waals surface area contributed by atoms with E-state index < -0.39 is 0 Å². The molecule has 1 aliphatic rings. The van der Waals surface area contributed by atoms with Crippen LogP contribution in [0.3, 0.4) is 0 Å². The van der Waals surface area contributed by atoms with Crippen molar-refractivity contribution in [1.82, 2.24) is 24.3 Å². The Balaban J connectivity index is 1.80. The molecule has 4 rings (SSSR count). The fraction of sp³-hybridized carbons (Fsp3) is 0.389. The number of fused-ring (bicyclic) bond motifs is 1. The van der Waals surface area contributed by atoms with Gasteiger partial charge in [-0.25, -0.2) is 9.97 Å². The van der Waals surface area contributed by atoms with Gasteiger partial charge in [0.1, 0.15) is 11.3 Å². The van der Waals surface area contributed by atoms with Crippen LogP contribution in [0.2, 0.25) is 5.02 Å². The summed E-state index contributed by atoms with van der Waals surface area (Å²) >= 11 is 6.15. The molecule has 6 nitrogen and oxygen atoms in total. The summed E-state index contributed by atoms with van der Waals surface area (Å²) in [7, 11) is 0. The molecule has 0 radical (unpaired) electrons. The van der Waals surface area contributed by atoms with Crippen molar-refractivity contribution in [2.75, 3.05) is 13.1 Å². The van der Waals surface area contributed by atoms with E-state index in [0.717, 1.165) is 25.9 Å². The molecule has 3 aromatic rings. The van der Waals surface area contributed by atoms with Gasteiger partial charge in [0, 0.05) is 31.7 Å². The van der Waals surface area contributed by atoms with Gasteiger partial charge in [-0.3, -0.25) is 9.20 Å². The van der Waals surface area contributed by atoms with Gasteiger partial charge in [-0.1, -0.05) is 30.9 Å². The van der Waals surface area contributed by atoms with Crippen molar-refractivity contribution in [3.05, 3.63) is 41.4 Å².